The van der Waals surface area contributed by atoms with E-state index in [9.17, 15) is 9.90 Å². The summed E-state index contributed by atoms with van der Waals surface area (Å²) in [6.45, 7) is 0.313. The summed E-state index contributed by atoms with van der Waals surface area (Å²) in [6, 6.07) is 1.34. The summed E-state index contributed by atoms with van der Waals surface area (Å²) in [6.07, 6.45) is -0.464. The van der Waals surface area contributed by atoms with Gasteiger partial charge in [0, 0.05) is 18.8 Å². The van der Waals surface area contributed by atoms with Crippen LogP contribution in [-0.2, 0) is 4.74 Å². The highest BCUT2D eigenvalue weighted by atomic mass is 32.1. The molecule has 4 N–H and O–H groups in total. The van der Waals surface area contributed by atoms with Gasteiger partial charge in [0.2, 0.25) is 0 Å². The van der Waals surface area contributed by atoms with Crippen LogP contribution < -0.4 is 10.9 Å². The molecule has 0 aromatic carbocycles. The van der Waals surface area contributed by atoms with Crippen LogP contribution in [0.15, 0.2) is 17.1 Å². The molecule has 1 aromatic rings. The van der Waals surface area contributed by atoms with E-state index >= 15 is 0 Å². The van der Waals surface area contributed by atoms with Gasteiger partial charge in [-0.05, 0) is 12.2 Å². The first-order chi connectivity index (χ1) is 8.58. The van der Waals surface area contributed by atoms with Crippen molar-refractivity contribution in [3.63, 3.8) is 0 Å². The molecule has 1 aromatic heterocycles. The predicted molar refractivity (Wildman–Crippen MR) is 63.6 cm³/mol. The number of nitrogens with one attached hydrogen (secondary N) is 2. The van der Waals surface area contributed by atoms with Crippen LogP contribution in [0.25, 0.3) is 0 Å². The fraction of sp³-hybridized carbons (Fsp3) is 0.600. The molecule has 3 heterocycles. The van der Waals surface area contributed by atoms with Crippen molar-refractivity contribution in [2.45, 2.75) is 24.0 Å². The van der Waals surface area contributed by atoms with Crippen molar-refractivity contribution in [2.24, 2.45) is 0 Å². The lowest BCUT2D eigenvalue weighted by atomic mass is 10.00. The Morgan fingerprint density at radius 2 is 2.39 bits per heavy atom. The summed E-state index contributed by atoms with van der Waals surface area (Å²) in [4.78, 5) is 13.6. The minimum absolute atomic E-state index is 0.228. The first-order valence-corrected chi connectivity index (χ1v) is 6.00. The summed E-state index contributed by atoms with van der Waals surface area (Å²) >= 11 is 5.08. The Bertz CT molecular complexity index is 579. The van der Waals surface area contributed by atoms with E-state index in [1.807, 2.05) is 0 Å². The van der Waals surface area contributed by atoms with E-state index in [1.54, 1.807) is 4.57 Å². The van der Waals surface area contributed by atoms with Crippen molar-refractivity contribution in [1.82, 2.24) is 14.9 Å². The van der Waals surface area contributed by atoms with Gasteiger partial charge in [0.15, 0.2) is 11.0 Å². The van der Waals surface area contributed by atoms with Gasteiger partial charge in [-0.3, -0.25) is 14.3 Å². The van der Waals surface area contributed by atoms with E-state index in [0.717, 1.165) is 0 Å². The molecule has 2 aliphatic heterocycles. The molecule has 7 nitrogen and oxygen atoms in total. The molecular formula is C10H13N3O4S. The van der Waals surface area contributed by atoms with Gasteiger partial charge >= 0.3 is 0 Å². The number of aliphatic hydroxyl groups is 2. The maximum absolute atomic E-state index is 11.1. The zero-order valence-electron chi connectivity index (χ0n) is 9.37. The van der Waals surface area contributed by atoms with Gasteiger partial charge in [0.1, 0.15) is 17.7 Å². The van der Waals surface area contributed by atoms with E-state index in [-0.39, 0.29) is 16.9 Å². The van der Waals surface area contributed by atoms with E-state index < -0.39 is 24.0 Å². The van der Waals surface area contributed by atoms with Gasteiger partial charge in [-0.25, -0.2) is 0 Å². The second kappa shape index (κ2) is 3.97. The zero-order chi connectivity index (χ0) is 12.9. The first kappa shape index (κ1) is 12.0. The Labute approximate surface area is 107 Å². The Balaban J connectivity index is 2.02. The smallest absolute Gasteiger partial charge is 0.251 e. The van der Waals surface area contributed by atoms with Crippen LogP contribution in [0.5, 0.6) is 0 Å². The van der Waals surface area contributed by atoms with Crippen molar-refractivity contribution in [1.29, 1.82) is 0 Å². The number of aromatic nitrogens is 2. The minimum atomic E-state index is -0.804. The summed E-state index contributed by atoms with van der Waals surface area (Å²) in [5.41, 5.74) is -0.907. The van der Waals surface area contributed by atoms with Crippen LogP contribution in [-0.4, -0.2) is 50.7 Å². The molecule has 98 valence electrons. The Morgan fingerprint density at radius 3 is 2.94 bits per heavy atom. The fourth-order valence-electron chi connectivity index (χ4n) is 2.39. The van der Waals surface area contributed by atoms with Gasteiger partial charge in [-0.15, -0.1) is 0 Å². The third kappa shape index (κ3) is 1.57. The van der Waals surface area contributed by atoms with Crippen molar-refractivity contribution in [2.75, 3.05) is 13.2 Å². The third-order valence-electron chi connectivity index (χ3n) is 3.49. The van der Waals surface area contributed by atoms with Crippen LogP contribution in [0.3, 0.4) is 0 Å². The number of hydrogen-bond donors (Lipinski definition) is 4. The number of H-pyrrole nitrogens is 1. The first-order valence-electron chi connectivity index (χ1n) is 5.59. The predicted octanol–water partition coefficient (Wildman–Crippen LogP) is -1.50. The molecule has 0 radical (unpaired) electrons. The third-order valence-corrected chi connectivity index (χ3v) is 3.81. The number of rotatable bonds is 2. The average molecular weight is 271 g/mol. The lowest BCUT2D eigenvalue weighted by Gasteiger charge is -2.20. The topological polar surface area (TPSA) is 109 Å². The molecule has 2 saturated heterocycles. The summed E-state index contributed by atoms with van der Waals surface area (Å²) < 4.78 is 7.43. The zero-order valence-corrected chi connectivity index (χ0v) is 10.2. The maximum atomic E-state index is 11.1. The normalized spacial score (nSPS) is 38.2. The van der Waals surface area contributed by atoms with Crippen molar-refractivity contribution < 1.29 is 14.9 Å². The molecule has 1 spiro atoms. The highest BCUT2D eigenvalue weighted by Crippen LogP contribution is 2.44. The van der Waals surface area contributed by atoms with E-state index in [4.69, 9.17) is 22.1 Å². The molecule has 0 amide bonds. The second-order valence-corrected chi connectivity index (χ2v) is 4.95. The van der Waals surface area contributed by atoms with Gasteiger partial charge in [0.05, 0.1) is 6.61 Å². The van der Waals surface area contributed by atoms with Crippen LogP contribution >= 0.6 is 12.2 Å². The Hall–Kier alpha value is -1.06. The molecule has 0 aliphatic carbocycles. The van der Waals surface area contributed by atoms with Crippen LogP contribution in [0, 0.1) is 4.77 Å². The molecule has 0 saturated carbocycles. The van der Waals surface area contributed by atoms with Gasteiger partial charge in [0.25, 0.3) is 5.56 Å². The largest absolute Gasteiger partial charge is 0.394 e. The van der Waals surface area contributed by atoms with Crippen molar-refractivity contribution in [3.05, 3.63) is 27.4 Å². The molecule has 4 atom stereocenters. The van der Waals surface area contributed by atoms with Gasteiger partial charge < -0.3 is 20.3 Å². The van der Waals surface area contributed by atoms with E-state index in [1.165, 1.54) is 12.3 Å². The minimum Gasteiger partial charge on any atom is -0.394 e. The lowest BCUT2D eigenvalue weighted by molar-refractivity contribution is -0.0464. The summed E-state index contributed by atoms with van der Waals surface area (Å²) in [5, 5.41) is 22.3. The Morgan fingerprint density at radius 1 is 1.67 bits per heavy atom. The molecule has 2 aliphatic rings. The van der Waals surface area contributed by atoms with Crippen molar-refractivity contribution >= 4 is 12.2 Å². The van der Waals surface area contributed by atoms with Crippen molar-refractivity contribution in [3.8, 4) is 0 Å². The standard InChI is InChI=1S/C10H13N3O4S/c14-3-5-7(16)10(4-11-10)8(17-5)13-2-1-6(15)12-9(13)18/h1-2,5,7-8,11,14,16H,3-4H2,(H,12,15,18)/t5-,7?,8?,10+/m1/s1. The Kier molecular flexibility index (Phi) is 2.65. The summed E-state index contributed by atoms with van der Waals surface area (Å²) in [5.74, 6) is 0. The van der Waals surface area contributed by atoms with Gasteiger partial charge in [-0.1, -0.05) is 0 Å². The van der Waals surface area contributed by atoms with Crippen LogP contribution in [0.4, 0.5) is 0 Å². The highest BCUT2D eigenvalue weighted by molar-refractivity contribution is 7.71. The van der Waals surface area contributed by atoms with E-state index in [2.05, 4.69) is 10.3 Å². The molecule has 0 bridgehead atoms. The quantitative estimate of drug-likeness (QED) is 0.385. The number of aliphatic hydroxyl groups excluding tert-OH is 2. The fourth-order valence-corrected chi connectivity index (χ4v) is 2.65. The number of hydrogen-bond acceptors (Lipinski definition) is 6. The van der Waals surface area contributed by atoms with E-state index in [0.29, 0.717) is 6.54 Å². The monoisotopic (exact) mass is 271 g/mol. The number of nitrogens with zero attached hydrogens (tertiary/aromatic N) is 1. The lowest BCUT2D eigenvalue weighted by Crippen LogP contribution is -2.39. The molecule has 2 unspecified atom stereocenters. The summed E-state index contributed by atoms with van der Waals surface area (Å²) in [7, 11) is 0. The molecule has 2 fully saturated rings. The average Bonchev–Trinajstić information content (AvgIpc) is 3.07. The van der Waals surface area contributed by atoms with Crippen LogP contribution in [0.2, 0.25) is 0 Å². The van der Waals surface area contributed by atoms with Gasteiger partial charge in [-0.2, -0.15) is 0 Å². The molecule has 8 heteroatoms. The number of aromatic amines is 1. The maximum Gasteiger partial charge on any atom is 0.251 e. The molecular weight excluding hydrogens is 258 g/mol. The SMILES string of the molecule is O=c1ccn(C2O[C@H](CO)C(O)[C@@]23CN3)c(=S)[nH]1. The highest BCUT2D eigenvalue weighted by Gasteiger charge is 2.64. The second-order valence-electron chi connectivity index (χ2n) is 4.57. The molecule has 3 rings (SSSR count). The van der Waals surface area contributed by atoms with Crippen LogP contribution in [0.1, 0.15) is 6.23 Å². The molecule has 18 heavy (non-hydrogen) atoms. The number of ether oxygens (including phenoxy) is 1.